The van der Waals surface area contributed by atoms with Gasteiger partial charge in [-0.05, 0) is 38.8 Å². The third-order valence-electron chi connectivity index (χ3n) is 3.49. The molecule has 0 saturated heterocycles. The number of nitro groups is 1. The van der Waals surface area contributed by atoms with Crippen molar-refractivity contribution in [1.82, 2.24) is 5.32 Å². The van der Waals surface area contributed by atoms with E-state index >= 15 is 0 Å². The molecule has 0 aliphatic heterocycles. The van der Waals surface area contributed by atoms with Gasteiger partial charge >= 0.3 is 5.69 Å². The van der Waals surface area contributed by atoms with Crippen molar-refractivity contribution in [2.24, 2.45) is 0 Å². The largest absolute Gasteiger partial charge is 0.483 e. The molecule has 7 heteroatoms. The molecule has 0 aromatic heterocycles. The third-order valence-corrected chi connectivity index (χ3v) is 3.49. The van der Waals surface area contributed by atoms with E-state index in [0.717, 1.165) is 43.9 Å². The van der Waals surface area contributed by atoms with Gasteiger partial charge in [-0.2, -0.15) is 0 Å². The third kappa shape index (κ3) is 4.05. The molecule has 1 aromatic carbocycles. The summed E-state index contributed by atoms with van der Waals surface area (Å²) in [6.07, 6.45) is 3.48. The van der Waals surface area contributed by atoms with Crippen molar-refractivity contribution in [3.8, 4) is 5.75 Å². The molecule has 5 nitrogen and oxygen atoms in total. The van der Waals surface area contributed by atoms with Crippen LogP contribution in [0, 0.1) is 15.9 Å². The lowest BCUT2D eigenvalue weighted by molar-refractivity contribution is -0.386. The van der Waals surface area contributed by atoms with E-state index < -0.39 is 10.7 Å². The number of ether oxygens (including phenoxy) is 1. The average molecular weight is 305 g/mol. The van der Waals surface area contributed by atoms with E-state index in [9.17, 15) is 14.5 Å². The van der Waals surface area contributed by atoms with Crippen LogP contribution in [0.15, 0.2) is 18.2 Å². The summed E-state index contributed by atoms with van der Waals surface area (Å²) in [5.41, 5.74) is -0.183. The fraction of sp³-hybridized carbons (Fsp3) is 0.538. The standard InChI is InChI=1S/C13H17FN2O3.ClH/c1-15-10-3-5-11(6-4-10)19-13-8-9(14)2-7-12(13)16(17)18;/h2,7-8,10-11,15H,3-6H2,1H3;1H/t10-,11+;. The number of halogens is 2. The molecule has 0 radical (unpaired) electrons. The molecule has 1 aromatic rings. The van der Waals surface area contributed by atoms with Crippen LogP contribution in [0.5, 0.6) is 5.75 Å². The molecular formula is C13H18ClFN2O3. The second-order valence-electron chi connectivity index (χ2n) is 4.75. The predicted molar refractivity (Wildman–Crippen MR) is 76.0 cm³/mol. The Kier molecular flexibility index (Phi) is 6.16. The summed E-state index contributed by atoms with van der Waals surface area (Å²) in [5, 5.41) is 14.1. The highest BCUT2D eigenvalue weighted by Gasteiger charge is 2.24. The van der Waals surface area contributed by atoms with Crippen LogP contribution in [0.3, 0.4) is 0 Å². The number of nitrogens with zero attached hydrogens (tertiary/aromatic N) is 1. The number of hydrogen-bond donors (Lipinski definition) is 1. The zero-order valence-electron chi connectivity index (χ0n) is 11.2. The molecule has 0 unspecified atom stereocenters. The summed E-state index contributed by atoms with van der Waals surface area (Å²) in [5.74, 6) is -0.498. The van der Waals surface area contributed by atoms with E-state index in [1.54, 1.807) is 0 Å². The first-order valence-electron chi connectivity index (χ1n) is 6.38. The summed E-state index contributed by atoms with van der Waals surface area (Å²) >= 11 is 0. The van der Waals surface area contributed by atoms with Crippen molar-refractivity contribution in [2.45, 2.75) is 37.8 Å². The quantitative estimate of drug-likeness (QED) is 0.686. The van der Waals surface area contributed by atoms with Gasteiger partial charge in [-0.1, -0.05) is 0 Å². The number of nitrogens with one attached hydrogen (secondary N) is 1. The van der Waals surface area contributed by atoms with Gasteiger partial charge in [0, 0.05) is 18.2 Å². The van der Waals surface area contributed by atoms with Gasteiger partial charge in [0.2, 0.25) is 0 Å². The van der Waals surface area contributed by atoms with Crippen LogP contribution < -0.4 is 10.1 Å². The minimum atomic E-state index is -0.548. The number of nitro benzene ring substituents is 1. The minimum absolute atomic E-state index is 0. The molecule has 1 saturated carbocycles. The zero-order valence-corrected chi connectivity index (χ0v) is 12.0. The Morgan fingerprint density at radius 3 is 2.55 bits per heavy atom. The van der Waals surface area contributed by atoms with Gasteiger partial charge in [0.25, 0.3) is 0 Å². The maximum Gasteiger partial charge on any atom is 0.311 e. The molecule has 0 spiro atoms. The van der Waals surface area contributed by atoms with Gasteiger partial charge in [-0.25, -0.2) is 4.39 Å². The van der Waals surface area contributed by atoms with Crippen LogP contribution in [-0.2, 0) is 0 Å². The first-order chi connectivity index (χ1) is 9.10. The first kappa shape index (κ1) is 16.7. The Morgan fingerprint density at radius 1 is 1.35 bits per heavy atom. The molecule has 0 heterocycles. The van der Waals surface area contributed by atoms with Crippen molar-refractivity contribution in [1.29, 1.82) is 0 Å². The normalized spacial score (nSPS) is 21.9. The van der Waals surface area contributed by atoms with Gasteiger partial charge in [0.1, 0.15) is 5.82 Å². The van der Waals surface area contributed by atoms with Crippen molar-refractivity contribution in [3.05, 3.63) is 34.1 Å². The summed E-state index contributed by atoms with van der Waals surface area (Å²) in [4.78, 5) is 10.3. The topological polar surface area (TPSA) is 64.4 Å². The summed E-state index contributed by atoms with van der Waals surface area (Å²) < 4.78 is 18.8. The SMILES string of the molecule is CN[C@H]1CC[C@@H](Oc2cc(F)ccc2[N+](=O)[O-])CC1.Cl. The smallest absolute Gasteiger partial charge is 0.311 e. The Labute approximate surface area is 123 Å². The van der Waals surface area contributed by atoms with Crippen molar-refractivity contribution in [2.75, 3.05) is 7.05 Å². The molecule has 112 valence electrons. The van der Waals surface area contributed by atoms with Crippen molar-refractivity contribution >= 4 is 18.1 Å². The van der Waals surface area contributed by atoms with Gasteiger partial charge in [0.15, 0.2) is 5.75 Å². The summed E-state index contributed by atoms with van der Waals surface area (Å²) in [7, 11) is 1.92. The molecular weight excluding hydrogens is 287 g/mol. The van der Waals surface area contributed by atoms with Crippen molar-refractivity contribution in [3.63, 3.8) is 0 Å². The number of hydrogen-bond acceptors (Lipinski definition) is 4. The minimum Gasteiger partial charge on any atom is -0.483 e. The number of rotatable bonds is 4. The second-order valence-corrected chi connectivity index (χ2v) is 4.75. The van der Waals surface area contributed by atoms with E-state index in [-0.39, 0.29) is 29.9 Å². The van der Waals surface area contributed by atoms with Gasteiger partial charge in [-0.15, -0.1) is 12.4 Å². The highest BCUT2D eigenvalue weighted by Crippen LogP contribution is 2.31. The molecule has 1 N–H and O–H groups in total. The molecule has 2 rings (SSSR count). The van der Waals surface area contributed by atoms with Gasteiger partial charge in [0.05, 0.1) is 11.0 Å². The Hall–Kier alpha value is -1.40. The lowest BCUT2D eigenvalue weighted by Gasteiger charge is -2.28. The fourth-order valence-corrected chi connectivity index (χ4v) is 2.38. The summed E-state index contributed by atoms with van der Waals surface area (Å²) in [6.45, 7) is 0. The Morgan fingerprint density at radius 2 is 2.00 bits per heavy atom. The monoisotopic (exact) mass is 304 g/mol. The van der Waals surface area contributed by atoms with Crippen LogP contribution in [0.25, 0.3) is 0 Å². The first-order valence-corrected chi connectivity index (χ1v) is 6.38. The van der Waals surface area contributed by atoms with E-state index in [1.165, 1.54) is 0 Å². The highest BCUT2D eigenvalue weighted by molar-refractivity contribution is 5.85. The molecule has 0 bridgehead atoms. The van der Waals surface area contributed by atoms with Crippen LogP contribution in [-0.4, -0.2) is 24.1 Å². The van der Waals surface area contributed by atoms with Crippen LogP contribution in [0.4, 0.5) is 10.1 Å². The Balaban J connectivity index is 0.00000200. The van der Waals surface area contributed by atoms with Crippen LogP contribution >= 0.6 is 12.4 Å². The zero-order chi connectivity index (χ0) is 13.8. The molecule has 0 atom stereocenters. The average Bonchev–Trinajstić information content (AvgIpc) is 2.39. The molecule has 1 aliphatic carbocycles. The maximum atomic E-state index is 13.2. The second kappa shape index (κ2) is 7.40. The maximum absolute atomic E-state index is 13.2. The van der Waals surface area contributed by atoms with Crippen LogP contribution in [0.2, 0.25) is 0 Å². The lowest BCUT2D eigenvalue weighted by Crippen LogP contribution is -2.34. The molecule has 20 heavy (non-hydrogen) atoms. The summed E-state index contributed by atoms with van der Waals surface area (Å²) in [6, 6.07) is 3.78. The van der Waals surface area contributed by atoms with E-state index in [0.29, 0.717) is 6.04 Å². The predicted octanol–water partition coefficient (Wildman–Crippen LogP) is 3.07. The van der Waals surface area contributed by atoms with Crippen molar-refractivity contribution < 1.29 is 14.1 Å². The highest BCUT2D eigenvalue weighted by atomic mass is 35.5. The fourth-order valence-electron chi connectivity index (χ4n) is 2.38. The molecule has 1 aliphatic rings. The lowest BCUT2D eigenvalue weighted by atomic mass is 9.93. The molecule has 1 fully saturated rings. The van der Waals surface area contributed by atoms with Gasteiger partial charge in [-0.3, -0.25) is 10.1 Å². The van der Waals surface area contributed by atoms with E-state index in [4.69, 9.17) is 4.74 Å². The van der Waals surface area contributed by atoms with E-state index in [1.807, 2.05) is 7.05 Å². The Bertz CT molecular complexity index is 465. The van der Waals surface area contributed by atoms with Gasteiger partial charge < -0.3 is 10.1 Å². The van der Waals surface area contributed by atoms with Crippen LogP contribution in [0.1, 0.15) is 25.7 Å². The molecule has 0 amide bonds. The van der Waals surface area contributed by atoms with E-state index in [2.05, 4.69) is 5.32 Å². The number of benzene rings is 1.